The first-order valence-electron chi connectivity index (χ1n) is 8.75. The molecule has 0 fully saturated rings. The molecule has 1 heterocycles. The summed E-state index contributed by atoms with van der Waals surface area (Å²) in [7, 11) is 0. The van der Waals surface area contributed by atoms with Crippen LogP contribution in [-0.4, -0.2) is 17.4 Å². The van der Waals surface area contributed by atoms with Crippen LogP contribution in [-0.2, 0) is 12.6 Å². The van der Waals surface area contributed by atoms with E-state index in [9.17, 15) is 22.8 Å². The summed E-state index contributed by atoms with van der Waals surface area (Å²) in [6.07, 6.45) is -4.41. The minimum atomic E-state index is -4.61. The molecule has 3 rings (SSSR count). The van der Waals surface area contributed by atoms with Gasteiger partial charge in [0, 0.05) is 17.5 Å². The molecule has 0 aliphatic rings. The van der Waals surface area contributed by atoms with Crippen molar-refractivity contribution in [2.24, 2.45) is 0 Å². The minimum absolute atomic E-state index is 0.0461. The van der Waals surface area contributed by atoms with E-state index in [1.165, 1.54) is 12.1 Å². The van der Waals surface area contributed by atoms with Gasteiger partial charge in [0.15, 0.2) is 0 Å². The van der Waals surface area contributed by atoms with Crippen LogP contribution in [0, 0.1) is 13.8 Å². The highest BCUT2D eigenvalue weighted by Gasteiger charge is 2.34. The summed E-state index contributed by atoms with van der Waals surface area (Å²) in [6, 6.07) is 10.3. The van der Waals surface area contributed by atoms with E-state index in [1.807, 2.05) is 26.0 Å². The minimum Gasteiger partial charge on any atom is -0.352 e. The van der Waals surface area contributed by atoms with Crippen LogP contribution in [0.15, 0.2) is 47.3 Å². The molecule has 3 aromatic rings. The van der Waals surface area contributed by atoms with Crippen molar-refractivity contribution in [3.05, 3.63) is 80.6 Å². The van der Waals surface area contributed by atoms with E-state index < -0.39 is 23.2 Å². The standard InChI is InChI=1S/C21H19F3N2O2/c1-12-7-8-13(2)18-16(12)11-14(19(27)26-18)9-10-25-20(28)15-5-3-4-6-17(15)21(22,23)24/h3-8,11H,9-10H2,1-2H3,(H,25,28)(H,26,27). The van der Waals surface area contributed by atoms with Gasteiger partial charge in [-0.15, -0.1) is 0 Å². The van der Waals surface area contributed by atoms with Crippen LogP contribution in [0.2, 0.25) is 0 Å². The van der Waals surface area contributed by atoms with Crippen molar-refractivity contribution >= 4 is 16.8 Å². The highest BCUT2D eigenvalue weighted by molar-refractivity contribution is 5.95. The third-order valence-electron chi connectivity index (χ3n) is 4.68. The summed E-state index contributed by atoms with van der Waals surface area (Å²) >= 11 is 0. The molecule has 0 saturated carbocycles. The molecule has 0 unspecified atom stereocenters. The Balaban J connectivity index is 1.78. The Morgan fingerprint density at radius 1 is 1.07 bits per heavy atom. The van der Waals surface area contributed by atoms with Gasteiger partial charge in [0.25, 0.3) is 11.5 Å². The van der Waals surface area contributed by atoms with Gasteiger partial charge < -0.3 is 10.3 Å². The monoisotopic (exact) mass is 388 g/mol. The van der Waals surface area contributed by atoms with Gasteiger partial charge in [-0.3, -0.25) is 9.59 Å². The van der Waals surface area contributed by atoms with E-state index >= 15 is 0 Å². The highest BCUT2D eigenvalue weighted by atomic mass is 19.4. The van der Waals surface area contributed by atoms with Crippen LogP contribution in [0.1, 0.15) is 32.6 Å². The number of benzene rings is 2. The number of aromatic amines is 1. The van der Waals surface area contributed by atoms with Gasteiger partial charge in [0.1, 0.15) is 0 Å². The molecule has 0 aliphatic carbocycles. The Kier molecular flexibility index (Phi) is 5.27. The van der Waals surface area contributed by atoms with E-state index in [0.29, 0.717) is 5.56 Å². The summed E-state index contributed by atoms with van der Waals surface area (Å²) in [4.78, 5) is 27.4. The number of halogens is 3. The summed E-state index contributed by atoms with van der Waals surface area (Å²) in [6.45, 7) is 3.87. The quantitative estimate of drug-likeness (QED) is 0.706. The van der Waals surface area contributed by atoms with Gasteiger partial charge >= 0.3 is 6.18 Å². The second kappa shape index (κ2) is 7.50. The van der Waals surface area contributed by atoms with Crippen LogP contribution >= 0.6 is 0 Å². The van der Waals surface area contributed by atoms with Gasteiger partial charge in [-0.25, -0.2) is 0 Å². The van der Waals surface area contributed by atoms with Crippen LogP contribution in [0.4, 0.5) is 13.2 Å². The Morgan fingerprint density at radius 3 is 2.46 bits per heavy atom. The van der Waals surface area contributed by atoms with Crippen molar-refractivity contribution in [1.82, 2.24) is 10.3 Å². The van der Waals surface area contributed by atoms with Crippen molar-refractivity contribution in [3.8, 4) is 0 Å². The number of amides is 1. The molecule has 146 valence electrons. The Labute approximate surface area is 159 Å². The first-order valence-corrected chi connectivity index (χ1v) is 8.75. The maximum absolute atomic E-state index is 13.0. The molecule has 4 nitrogen and oxygen atoms in total. The lowest BCUT2D eigenvalue weighted by molar-refractivity contribution is -0.137. The molecular weight excluding hydrogens is 369 g/mol. The molecule has 1 amide bonds. The second-order valence-electron chi connectivity index (χ2n) is 6.66. The predicted octanol–water partition coefficient (Wildman–Crippen LogP) is 4.14. The number of nitrogens with one attached hydrogen (secondary N) is 2. The van der Waals surface area contributed by atoms with E-state index in [4.69, 9.17) is 0 Å². The van der Waals surface area contributed by atoms with E-state index in [1.54, 1.807) is 6.07 Å². The second-order valence-corrected chi connectivity index (χ2v) is 6.66. The summed E-state index contributed by atoms with van der Waals surface area (Å²) < 4.78 is 39.1. The molecule has 0 atom stereocenters. The number of fused-ring (bicyclic) bond motifs is 1. The van der Waals surface area contributed by atoms with Crippen LogP contribution in [0.25, 0.3) is 10.9 Å². The number of aromatic nitrogens is 1. The number of pyridine rings is 1. The van der Waals surface area contributed by atoms with Crippen molar-refractivity contribution in [2.75, 3.05) is 6.54 Å². The molecule has 0 bridgehead atoms. The predicted molar refractivity (Wildman–Crippen MR) is 102 cm³/mol. The number of hydrogen-bond donors (Lipinski definition) is 2. The SMILES string of the molecule is Cc1ccc(C)c2[nH]c(=O)c(CCNC(=O)c3ccccc3C(F)(F)F)cc12. The lowest BCUT2D eigenvalue weighted by Gasteiger charge is -2.13. The van der Waals surface area contributed by atoms with Crippen LogP contribution in [0.5, 0.6) is 0 Å². The Bertz CT molecular complexity index is 1100. The molecule has 2 aromatic carbocycles. The summed E-state index contributed by atoms with van der Waals surface area (Å²) in [5.41, 5.74) is 1.48. The molecule has 0 saturated heterocycles. The van der Waals surface area contributed by atoms with Gasteiger partial charge in [-0.05, 0) is 49.6 Å². The Morgan fingerprint density at radius 2 is 1.75 bits per heavy atom. The molecule has 7 heteroatoms. The van der Waals surface area contributed by atoms with Crippen LogP contribution < -0.4 is 10.9 Å². The average Bonchev–Trinajstić information content (AvgIpc) is 2.65. The number of carbonyl (C=O) groups excluding carboxylic acids is 1. The van der Waals surface area contributed by atoms with Gasteiger partial charge in [0.2, 0.25) is 0 Å². The Hall–Kier alpha value is -3.09. The first kappa shape index (κ1) is 19.7. The molecular formula is C21H19F3N2O2. The fraction of sp³-hybridized carbons (Fsp3) is 0.238. The molecule has 1 aromatic heterocycles. The molecule has 0 radical (unpaired) electrons. The highest BCUT2D eigenvalue weighted by Crippen LogP contribution is 2.31. The maximum atomic E-state index is 13.0. The fourth-order valence-corrected chi connectivity index (χ4v) is 3.14. The van der Waals surface area contributed by atoms with Crippen molar-refractivity contribution < 1.29 is 18.0 Å². The number of H-pyrrole nitrogens is 1. The van der Waals surface area contributed by atoms with Gasteiger partial charge in [0.05, 0.1) is 16.6 Å². The number of rotatable bonds is 4. The third-order valence-corrected chi connectivity index (χ3v) is 4.68. The zero-order valence-corrected chi connectivity index (χ0v) is 15.4. The van der Waals surface area contributed by atoms with Crippen molar-refractivity contribution in [2.45, 2.75) is 26.4 Å². The van der Waals surface area contributed by atoms with E-state index in [0.717, 1.165) is 34.2 Å². The number of carbonyl (C=O) groups is 1. The lowest BCUT2D eigenvalue weighted by Crippen LogP contribution is -2.29. The van der Waals surface area contributed by atoms with E-state index in [2.05, 4.69) is 10.3 Å². The molecule has 2 N–H and O–H groups in total. The molecule has 28 heavy (non-hydrogen) atoms. The fourth-order valence-electron chi connectivity index (χ4n) is 3.14. The van der Waals surface area contributed by atoms with E-state index in [-0.39, 0.29) is 18.5 Å². The topological polar surface area (TPSA) is 62.0 Å². The normalized spacial score (nSPS) is 11.6. The van der Waals surface area contributed by atoms with Gasteiger partial charge in [-0.2, -0.15) is 13.2 Å². The number of hydrogen-bond acceptors (Lipinski definition) is 2. The zero-order chi connectivity index (χ0) is 20.5. The number of alkyl halides is 3. The largest absolute Gasteiger partial charge is 0.417 e. The van der Waals surface area contributed by atoms with Crippen molar-refractivity contribution in [1.29, 1.82) is 0 Å². The molecule has 0 aliphatic heterocycles. The van der Waals surface area contributed by atoms with Gasteiger partial charge in [-0.1, -0.05) is 24.3 Å². The third kappa shape index (κ3) is 3.93. The smallest absolute Gasteiger partial charge is 0.352 e. The zero-order valence-electron chi connectivity index (χ0n) is 15.4. The summed E-state index contributed by atoms with van der Waals surface area (Å²) in [5, 5.41) is 3.38. The molecule has 0 spiro atoms. The number of aryl methyl sites for hydroxylation is 2. The first-order chi connectivity index (χ1) is 13.2. The summed E-state index contributed by atoms with van der Waals surface area (Å²) in [5.74, 6) is -0.822. The maximum Gasteiger partial charge on any atom is 0.417 e. The average molecular weight is 388 g/mol. The van der Waals surface area contributed by atoms with Crippen LogP contribution in [0.3, 0.4) is 0 Å². The van der Waals surface area contributed by atoms with Crippen molar-refractivity contribution in [3.63, 3.8) is 0 Å². The lowest BCUT2D eigenvalue weighted by atomic mass is 10.0.